The van der Waals surface area contributed by atoms with Gasteiger partial charge in [0.1, 0.15) is 0 Å². The largest absolute Gasteiger partial charge is 0.269 e. The Morgan fingerprint density at radius 1 is 1.18 bits per heavy atom. The van der Waals surface area contributed by atoms with Crippen molar-refractivity contribution in [2.24, 2.45) is 34.0 Å². The number of nitro groups is 1. The second kappa shape index (κ2) is 4.15. The van der Waals surface area contributed by atoms with Crippen LogP contribution >= 0.6 is 0 Å². The van der Waals surface area contributed by atoms with Gasteiger partial charge in [-0.2, -0.15) is 5.11 Å². The monoisotopic (exact) mass is 296 g/mol. The lowest BCUT2D eigenvalue weighted by molar-refractivity contribution is -0.384. The van der Waals surface area contributed by atoms with Crippen LogP contribution < -0.4 is 5.01 Å². The Morgan fingerprint density at radius 3 is 2.77 bits per heavy atom. The van der Waals surface area contributed by atoms with Gasteiger partial charge in [0.05, 0.1) is 22.7 Å². The summed E-state index contributed by atoms with van der Waals surface area (Å²) in [5.41, 5.74) is 1.03. The number of non-ortho nitro benzene ring substituents is 1. The van der Waals surface area contributed by atoms with Crippen molar-refractivity contribution in [1.29, 1.82) is 0 Å². The molecule has 0 radical (unpaired) electrons. The Morgan fingerprint density at radius 2 is 2.00 bits per heavy atom. The zero-order valence-electron chi connectivity index (χ0n) is 11.9. The summed E-state index contributed by atoms with van der Waals surface area (Å²) in [7, 11) is 0. The van der Waals surface area contributed by atoms with Crippen molar-refractivity contribution in [3.63, 3.8) is 0 Å². The molecule has 1 aromatic carbocycles. The van der Waals surface area contributed by atoms with E-state index in [0.717, 1.165) is 11.6 Å². The average Bonchev–Trinajstić information content (AvgIpc) is 3.25. The summed E-state index contributed by atoms with van der Waals surface area (Å²) in [6, 6.07) is 7.31. The maximum atomic E-state index is 10.8. The van der Waals surface area contributed by atoms with E-state index in [-0.39, 0.29) is 10.6 Å². The third kappa shape index (κ3) is 1.44. The number of nitro benzene ring substituents is 1. The summed E-state index contributed by atoms with van der Waals surface area (Å²) < 4.78 is 0. The van der Waals surface area contributed by atoms with Gasteiger partial charge in [-0.1, -0.05) is 17.4 Å². The van der Waals surface area contributed by atoms with Crippen LogP contribution in [0.15, 0.2) is 46.8 Å². The number of benzene rings is 1. The lowest BCUT2D eigenvalue weighted by atomic mass is 9.76. The van der Waals surface area contributed by atoms with Crippen LogP contribution in [0.25, 0.3) is 0 Å². The molecule has 0 aromatic heterocycles. The maximum Gasteiger partial charge on any atom is 0.269 e. The zero-order valence-corrected chi connectivity index (χ0v) is 11.9. The number of rotatable bonds is 2. The van der Waals surface area contributed by atoms with Gasteiger partial charge in [0, 0.05) is 12.1 Å². The molecule has 3 aliphatic carbocycles. The van der Waals surface area contributed by atoms with E-state index < -0.39 is 0 Å². The van der Waals surface area contributed by atoms with Gasteiger partial charge in [-0.05, 0) is 48.6 Å². The first-order valence-electron chi connectivity index (χ1n) is 7.85. The zero-order chi connectivity index (χ0) is 14.8. The van der Waals surface area contributed by atoms with Crippen molar-refractivity contribution in [2.75, 3.05) is 5.01 Å². The molecule has 0 saturated heterocycles. The Hall–Kier alpha value is -2.24. The minimum Gasteiger partial charge on any atom is -0.258 e. The molecule has 0 spiro atoms. The van der Waals surface area contributed by atoms with Gasteiger partial charge in [0.25, 0.3) is 5.69 Å². The maximum absolute atomic E-state index is 10.8. The van der Waals surface area contributed by atoms with Crippen molar-refractivity contribution >= 4 is 11.4 Å². The van der Waals surface area contributed by atoms with Crippen LogP contribution in [0, 0.1) is 33.8 Å². The molecule has 0 N–H and O–H groups in total. The standard InChI is InChI=1S/C16H16N4O2/c21-20(22)10-6-4-9(5-7-10)19-16-14-8-13(15(16)17-18-19)11-2-1-3-12(11)14/h1-2,4-7,11-16H,3,8H2/t11-,12-,13-,14+,15-,16+/m0/s1. The molecular formula is C16H16N4O2. The average molecular weight is 296 g/mol. The molecule has 2 bridgehead atoms. The molecule has 0 unspecified atom stereocenters. The van der Waals surface area contributed by atoms with Crippen LogP contribution in [0.5, 0.6) is 0 Å². The molecular weight excluding hydrogens is 280 g/mol. The number of anilines is 1. The number of nitrogens with zero attached hydrogens (tertiary/aromatic N) is 4. The fourth-order valence-corrected chi connectivity index (χ4v) is 5.13. The van der Waals surface area contributed by atoms with E-state index in [0.29, 0.717) is 29.8 Å². The minimum atomic E-state index is -0.371. The van der Waals surface area contributed by atoms with Gasteiger partial charge in [0.2, 0.25) is 0 Å². The smallest absolute Gasteiger partial charge is 0.258 e. The first-order valence-corrected chi connectivity index (χ1v) is 7.85. The third-order valence-electron chi connectivity index (χ3n) is 5.97. The highest BCUT2D eigenvalue weighted by Gasteiger charge is 2.61. The second-order valence-corrected chi connectivity index (χ2v) is 6.77. The number of hydrogen-bond donors (Lipinski definition) is 0. The molecule has 5 rings (SSSR count). The molecule has 2 fully saturated rings. The second-order valence-electron chi connectivity index (χ2n) is 6.77. The number of hydrogen-bond acceptors (Lipinski definition) is 5. The van der Waals surface area contributed by atoms with Gasteiger partial charge >= 0.3 is 0 Å². The van der Waals surface area contributed by atoms with Gasteiger partial charge in [-0.25, -0.2) is 5.01 Å². The predicted molar refractivity (Wildman–Crippen MR) is 80.3 cm³/mol. The Labute approximate surface area is 127 Å². The molecule has 1 heterocycles. The highest BCUT2D eigenvalue weighted by molar-refractivity contribution is 5.52. The van der Waals surface area contributed by atoms with Crippen LogP contribution in [-0.2, 0) is 0 Å². The summed E-state index contributed by atoms with van der Waals surface area (Å²) in [6.07, 6.45) is 7.14. The van der Waals surface area contributed by atoms with Gasteiger partial charge in [-0.3, -0.25) is 10.1 Å². The topological polar surface area (TPSA) is 71.1 Å². The van der Waals surface area contributed by atoms with E-state index in [4.69, 9.17) is 0 Å². The fraction of sp³-hybridized carbons (Fsp3) is 0.500. The van der Waals surface area contributed by atoms with Gasteiger partial charge < -0.3 is 0 Å². The Kier molecular flexibility index (Phi) is 2.32. The fourth-order valence-electron chi connectivity index (χ4n) is 5.13. The van der Waals surface area contributed by atoms with E-state index in [2.05, 4.69) is 22.5 Å². The van der Waals surface area contributed by atoms with Crippen LogP contribution in [0.2, 0.25) is 0 Å². The van der Waals surface area contributed by atoms with Crippen molar-refractivity contribution in [3.05, 3.63) is 46.5 Å². The molecule has 2 saturated carbocycles. The summed E-state index contributed by atoms with van der Waals surface area (Å²) in [5, 5.41) is 21.7. The SMILES string of the molecule is O=[N+]([O-])c1ccc(N2N=N[C@H]3[C@H]4C[C@H]([C@H]5CC=C[C@@H]54)[C@H]32)cc1. The lowest BCUT2D eigenvalue weighted by Gasteiger charge is -2.35. The van der Waals surface area contributed by atoms with E-state index in [1.54, 1.807) is 24.3 Å². The van der Waals surface area contributed by atoms with E-state index >= 15 is 0 Å². The predicted octanol–water partition coefficient (Wildman–Crippen LogP) is 3.36. The first-order chi connectivity index (χ1) is 10.7. The highest BCUT2D eigenvalue weighted by Crippen LogP contribution is 2.60. The molecule has 6 nitrogen and oxygen atoms in total. The normalized spacial score (nSPS) is 40.3. The molecule has 1 aromatic rings. The summed E-state index contributed by atoms with van der Waals surface area (Å²) >= 11 is 0. The van der Waals surface area contributed by atoms with Crippen LogP contribution in [0.1, 0.15) is 12.8 Å². The van der Waals surface area contributed by atoms with E-state index in [9.17, 15) is 10.1 Å². The van der Waals surface area contributed by atoms with E-state index in [1.165, 1.54) is 12.8 Å². The molecule has 0 amide bonds. The Bertz CT molecular complexity index is 699. The highest BCUT2D eigenvalue weighted by atomic mass is 16.6. The third-order valence-corrected chi connectivity index (χ3v) is 5.97. The van der Waals surface area contributed by atoms with Gasteiger partial charge in [-0.15, -0.1) is 0 Å². The van der Waals surface area contributed by atoms with Crippen molar-refractivity contribution in [2.45, 2.75) is 24.9 Å². The summed E-state index contributed by atoms with van der Waals surface area (Å²) in [5.74, 6) is 2.71. The Balaban J connectivity index is 1.46. The molecule has 6 heteroatoms. The quantitative estimate of drug-likeness (QED) is 0.477. The van der Waals surface area contributed by atoms with Crippen LogP contribution in [0.4, 0.5) is 11.4 Å². The lowest BCUT2D eigenvalue weighted by Crippen LogP contribution is -2.44. The molecule has 1 aliphatic heterocycles. The first kappa shape index (κ1) is 12.3. The van der Waals surface area contributed by atoms with Crippen LogP contribution in [-0.4, -0.2) is 17.0 Å². The summed E-state index contributed by atoms with van der Waals surface area (Å²) in [4.78, 5) is 10.4. The van der Waals surface area contributed by atoms with Crippen molar-refractivity contribution in [1.82, 2.24) is 0 Å². The van der Waals surface area contributed by atoms with Gasteiger partial charge in [0.15, 0.2) is 0 Å². The minimum absolute atomic E-state index is 0.115. The van der Waals surface area contributed by atoms with Crippen molar-refractivity contribution < 1.29 is 4.92 Å². The number of fused-ring (bicyclic) bond motifs is 8. The molecule has 6 atom stereocenters. The molecule has 112 valence electrons. The molecule has 22 heavy (non-hydrogen) atoms. The summed E-state index contributed by atoms with van der Waals surface area (Å²) in [6.45, 7) is 0. The number of allylic oxidation sites excluding steroid dienone is 2. The molecule has 4 aliphatic rings. The van der Waals surface area contributed by atoms with Crippen LogP contribution in [0.3, 0.4) is 0 Å². The van der Waals surface area contributed by atoms with Crippen molar-refractivity contribution in [3.8, 4) is 0 Å². The van der Waals surface area contributed by atoms with E-state index in [1.807, 2.05) is 5.01 Å².